The predicted molar refractivity (Wildman–Crippen MR) is 49.0 cm³/mol. The molecule has 1 atom stereocenters. The number of hydrogen-bond donors (Lipinski definition) is 0. The van der Waals surface area contributed by atoms with Gasteiger partial charge in [-0.3, -0.25) is 0 Å². The van der Waals surface area contributed by atoms with Gasteiger partial charge in [0.25, 0.3) is 0 Å². The fraction of sp³-hybridized carbons (Fsp3) is 1.00. The van der Waals surface area contributed by atoms with Gasteiger partial charge in [0.05, 0.1) is 8.07 Å². The van der Waals surface area contributed by atoms with Gasteiger partial charge in [-0.1, -0.05) is 33.5 Å². The molecule has 0 fully saturated rings. The van der Waals surface area contributed by atoms with Gasteiger partial charge in [0, 0.05) is 12.8 Å². The Bertz CT molecular complexity index is 93.9. The Hall–Kier alpha value is 0.177. The van der Waals surface area contributed by atoms with Crippen molar-refractivity contribution >= 4 is 8.07 Å². The van der Waals surface area contributed by atoms with Crippen LogP contribution in [0.15, 0.2) is 0 Å². The summed E-state index contributed by atoms with van der Waals surface area (Å²) in [6, 6.07) is 0. The molecule has 0 aliphatic rings. The molecule has 0 aliphatic heterocycles. The van der Waals surface area contributed by atoms with E-state index < -0.39 is 8.07 Å². The molecule has 0 aliphatic carbocycles. The van der Waals surface area contributed by atoms with Crippen LogP contribution in [0.5, 0.6) is 0 Å². The van der Waals surface area contributed by atoms with Gasteiger partial charge >= 0.3 is 0 Å². The third-order valence-corrected chi connectivity index (χ3v) is 4.32. The zero-order valence-corrected chi connectivity index (χ0v) is 9.06. The molecule has 0 radical (unpaired) electrons. The van der Waals surface area contributed by atoms with E-state index in [9.17, 15) is 0 Å². The fourth-order valence-corrected chi connectivity index (χ4v) is 4.33. The molecular formula is C8H20OSi. The van der Waals surface area contributed by atoms with Crippen LogP contribution in [0.1, 0.15) is 13.8 Å². The molecule has 0 bridgehead atoms. The zero-order chi connectivity index (χ0) is 8.36. The second kappa shape index (κ2) is 3.53. The van der Waals surface area contributed by atoms with Crippen molar-refractivity contribution in [3.63, 3.8) is 0 Å². The van der Waals surface area contributed by atoms with Crippen molar-refractivity contribution in [1.82, 2.24) is 0 Å². The second-order valence-electron chi connectivity index (χ2n) is 4.27. The summed E-state index contributed by atoms with van der Waals surface area (Å²) >= 11 is 0. The summed E-state index contributed by atoms with van der Waals surface area (Å²) in [6.45, 7) is 11.5. The van der Waals surface area contributed by atoms with Gasteiger partial charge in [0.2, 0.25) is 0 Å². The largest absolute Gasteiger partial charge is 0.385 e. The van der Waals surface area contributed by atoms with E-state index in [0.29, 0.717) is 11.6 Å². The first-order valence-corrected chi connectivity index (χ1v) is 7.50. The lowest BCUT2D eigenvalue weighted by Gasteiger charge is -2.30. The number of hydrogen-bond acceptors (Lipinski definition) is 1. The lowest BCUT2D eigenvalue weighted by Crippen LogP contribution is -2.43. The Labute approximate surface area is 65.8 Å². The Morgan fingerprint density at radius 3 is 1.50 bits per heavy atom. The van der Waals surface area contributed by atoms with Gasteiger partial charge < -0.3 is 4.74 Å². The Balaban J connectivity index is 4.07. The van der Waals surface area contributed by atoms with Gasteiger partial charge in [-0.2, -0.15) is 0 Å². The molecule has 0 amide bonds. The third kappa shape index (κ3) is 2.84. The van der Waals surface area contributed by atoms with E-state index in [2.05, 4.69) is 33.5 Å². The first-order chi connectivity index (χ1) is 4.39. The van der Waals surface area contributed by atoms with E-state index in [4.69, 9.17) is 4.74 Å². The molecule has 0 aromatic carbocycles. The standard InChI is InChI=1S/C8H20OSi/c1-7(2)8(9-3)10(4,5)6/h7-8H,1-6H3. The molecule has 1 unspecified atom stereocenters. The van der Waals surface area contributed by atoms with E-state index in [0.717, 1.165) is 0 Å². The van der Waals surface area contributed by atoms with Crippen LogP contribution in [-0.2, 0) is 4.74 Å². The minimum atomic E-state index is -1.07. The average Bonchev–Trinajstić information content (AvgIpc) is 1.60. The minimum absolute atomic E-state index is 0.507. The Kier molecular flexibility index (Phi) is 3.60. The number of rotatable bonds is 3. The van der Waals surface area contributed by atoms with E-state index >= 15 is 0 Å². The highest BCUT2D eigenvalue weighted by Gasteiger charge is 2.28. The van der Waals surface area contributed by atoms with Crippen molar-refractivity contribution in [2.75, 3.05) is 7.11 Å². The maximum Gasteiger partial charge on any atom is 0.0788 e. The topological polar surface area (TPSA) is 9.23 Å². The molecule has 0 saturated heterocycles. The molecule has 0 rings (SSSR count). The molecule has 0 heterocycles. The molecule has 10 heavy (non-hydrogen) atoms. The van der Waals surface area contributed by atoms with Crippen molar-refractivity contribution in [1.29, 1.82) is 0 Å². The van der Waals surface area contributed by atoms with Gasteiger partial charge in [-0.25, -0.2) is 0 Å². The normalized spacial score (nSPS) is 15.9. The van der Waals surface area contributed by atoms with Crippen molar-refractivity contribution < 1.29 is 4.74 Å². The third-order valence-electron chi connectivity index (χ3n) is 1.71. The molecule has 0 N–H and O–H groups in total. The van der Waals surface area contributed by atoms with Crippen LogP contribution in [0.2, 0.25) is 19.6 Å². The minimum Gasteiger partial charge on any atom is -0.385 e. The van der Waals surface area contributed by atoms with E-state index in [1.165, 1.54) is 0 Å². The highest BCUT2D eigenvalue weighted by Crippen LogP contribution is 2.18. The molecule has 1 nitrogen and oxygen atoms in total. The molecule has 62 valence electrons. The Morgan fingerprint density at radius 1 is 1.10 bits per heavy atom. The monoisotopic (exact) mass is 160 g/mol. The second-order valence-corrected chi connectivity index (χ2v) is 9.57. The van der Waals surface area contributed by atoms with Crippen LogP contribution in [0, 0.1) is 5.92 Å². The van der Waals surface area contributed by atoms with Gasteiger partial charge in [0.15, 0.2) is 0 Å². The molecule has 2 heteroatoms. The summed E-state index contributed by atoms with van der Waals surface area (Å²) in [7, 11) is 0.750. The molecule has 0 saturated carbocycles. The summed E-state index contributed by atoms with van der Waals surface area (Å²) in [5, 5.41) is 0. The first kappa shape index (κ1) is 10.2. The highest BCUT2D eigenvalue weighted by atomic mass is 28.3. The maximum atomic E-state index is 5.44. The van der Waals surface area contributed by atoms with E-state index in [-0.39, 0.29) is 0 Å². The Morgan fingerprint density at radius 2 is 1.50 bits per heavy atom. The van der Waals surface area contributed by atoms with Crippen molar-refractivity contribution in [3.05, 3.63) is 0 Å². The van der Waals surface area contributed by atoms with Gasteiger partial charge in [-0.05, 0) is 5.92 Å². The maximum absolute atomic E-state index is 5.44. The van der Waals surface area contributed by atoms with Crippen LogP contribution in [-0.4, -0.2) is 20.9 Å². The van der Waals surface area contributed by atoms with Gasteiger partial charge in [-0.15, -0.1) is 0 Å². The van der Waals surface area contributed by atoms with Crippen LogP contribution >= 0.6 is 0 Å². The lowest BCUT2D eigenvalue weighted by atomic mass is 10.2. The van der Waals surface area contributed by atoms with Crippen LogP contribution in [0.25, 0.3) is 0 Å². The smallest absolute Gasteiger partial charge is 0.0788 e. The van der Waals surface area contributed by atoms with Crippen molar-refractivity contribution in [3.8, 4) is 0 Å². The quantitative estimate of drug-likeness (QED) is 0.577. The first-order valence-electron chi connectivity index (χ1n) is 3.92. The lowest BCUT2D eigenvalue weighted by molar-refractivity contribution is 0.121. The molecule has 0 aromatic heterocycles. The predicted octanol–water partition coefficient (Wildman–Crippen LogP) is 2.53. The SMILES string of the molecule is COC(C(C)C)[Si](C)(C)C. The molecular weight excluding hydrogens is 140 g/mol. The van der Waals surface area contributed by atoms with Crippen LogP contribution in [0.4, 0.5) is 0 Å². The molecule has 0 aromatic rings. The molecule has 0 spiro atoms. The van der Waals surface area contributed by atoms with Crippen molar-refractivity contribution in [2.24, 2.45) is 5.92 Å². The number of methoxy groups -OCH3 is 1. The summed E-state index contributed by atoms with van der Waals surface area (Å²) < 4.78 is 5.44. The summed E-state index contributed by atoms with van der Waals surface area (Å²) in [6.07, 6.45) is 0. The van der Waals surface area contributed by atoms with Crippen LogP contribution in [0.3, 0.4) is 0 Å². The zero-order valence-electron chi connectivity index (χ0n) is 8.06. The summed E-state index contributed by atoms with van der Waals surface area (Å²) in [4.78, 5) is 0. The van der Waals surface area contributed by atoms with E-state index in [1.54, 1.807) is 0 Å². The average molecular weight is 160 g/mol. The number of ether oxygens (including phenoxy) is 1. The summed E-state index contributed by atoms with van der Waals surface area (Å²) in [5.41, 5.74) is 0.507. The highest BCUT2D eigenvalue weighted by molar-refractivity contribution is 6.77. The van der Waals surface area contributed by atoms with Crippen molar-refractivity contribution in [2.45, 2.75) is 39.2 Å². The van der Waals surface area contributed by atoms with Gasteiger partial charge in [0.1, 0.15) is 0 Å². The fourth-order valence-electron chi connectivity index (χ4n) is 1.63. The summed E-state index contributed by atoms with van der Waals surface area (Å²) in [5.74, 6) is 0.664. The van der Waals surface area contributed by atoms with Crippen LogP contribution < -0.4 is 0 Å². The van der Waals surface area contributed by atoms with E-state index in [1.807, 2.05) is 7.11 Å².